The molecular weight excluding hydrogens is 445 g/mol. The molecule has 1 N–H and O–H groups in total. The molecule has 173 valence electrons. The van der Waals surface area contributed by atoms with Gasteiger partial charge in [-0.1, -0.05) is 0 Å². The zero-order valence-corrected chi connectivity index (χ0v) is 24.3. The molecule has 1 aromatic carbocycles. The number of nitrogens with one attached hydrogen (secondary N) is 1. The van der Waals surface area contributed by atoms with Gasteiger partial charge in [-0.2, -0.15) is 0 Å². The third kappa shape index (κ3) is 1.74. The van der Waals surface area contributed by atoms with E-state index in [2.05, 4.69) is 121 Å². The van der Waals surface area contributed by atoms with E-state index in [0.29, 0.717) is 0 Å². The molecule has 1 aromatic heterocycles. The van der Waals surface area contributed by atoms with Crippen LogP contribution in [0.1, 0.15) is 48.0 Å². The molecule has 0 fully saturated rings. The third-order valence-corrected chi connectivity index (χ3v) is 59.3. The Bertz CT molecular complexity index is 1120. The molecule has 0 saturated carbocycles. The monoisotopic (exact) mass is 490 g/mol. The zero-order valence-electron chi connectivity index (χ0n) is 21.1. The summed E-state index contributed by atoms with van der Waals surface area (Å²) < 4.78 is 2.89. The predicted octanol–water partition coefficient (Wildman–Crippen LogP) is 9.99. The Morgan fingerprint density at radius 1 is 0.800 bits per heavy atom. The first-order valence-electron chi connectivity index (χ1n) is 11.1. The Morgan fingerprint density at radius 2 is 1.30 bits per heavy atom. The molecule has 0 saturated heterocycles. The minimum atomic E-state index is -5.86. The topological polar surface area (TPSA) is 15.8 Å². The number of hydrogen-bond acceptors (Lipinski definition) is 0. The quantitative estimate of drug-likeness (QED) is 0.403. The summed E-state index contributed by atoms with van der Waals surface area (Å²) in [5.41, 5.74) is 1.23. The molecule has 4 heteroatoms. The van der Waals surface area contributed by atoms with Crippen molar-refractivity contribution in [2.24, 2.45) is 0 Å². The standard InChI is InChI=1S/C8H6N.C5H5.2C4H9.5CH3.2ClH.Ti/c1-2-4-8-7(3-1)5-6-9-8;1-2-4-5-3-1;2*1-4(2)3;;;;;;;;/h1-5,9H;1-3H,4H2;2*1-3H3;5*1H3;2*1H;. The third-order valence-electron chi connectivity index (χ3n) is 15.9. The molecule has 1 aliphatic rings. The maximum atomic E-state index is 4.03. The number of fused-ring (bicyclic) bond motifs is 1. The summed E-state index contributed by atoms with van der Waals surface area (Å²) in [7, 11) is -5.86. The van der Waals surface area contributed by atoms with Crippen molar-refractivity contribution in [1.82, 2.24) is 4.98 Å². The Morgan fingerprint density at radius 3 is 1.70 bits per heavy atom. The van der Waals surface area contributed by atoms with Gasteiger partial charge in [0.05, 0.1) is 0 Å². The molecule has 0 bridgehead atoms. The van der Waals surface area contributed by atoms with Gasteiger partial charge in [0.15, 0.2) is 0 Å². The summed E-state index contributed by atoms with van der Waals surface area (Å²) in [6, 6.07) is 11.2. The summed E-state index contributed by atoms with van der Waals surface area (Å²) in [6.45, 7) is 15.0. The molecule has 0 atom stereocenters. The summed E-state index contributed by atoms with van der Waals surface area (Å²) in [4.78, 5) is 4.03. The van der Waals surface area contributed by atoms with Crippen LogP contribution in [0.5, 0.6) is 0 Å². The minimum absolute atomic E-state index is 0. The molecule has 0 aliphatic heterocycles. The fraction of sp³-hybridized carbons (Fsp3) is 0.538. The molecule has 1 aliphatic carbocycles. The molecule has 1 heterocycles. The Hall–Kier alpha value is -0.466. The van der Waals surface area contributed by atoms with Gasteiger partial charge in [0.1, 0.15) is 0 Å². The van der Waals surface area contributed by atoms with E-state index in [0.717, 1.165) is 6.42 Å². The molecule has 0 spiro atoms. The number of para-hydroxylation sites is 1. The number of benzene rings is 1. The van der Waals surface area contributed by atoms with Crippen molar-refractivity contribution in [2.45, 2.75) is 81.5 Å². The van der Waals surface area contributed by atoms with E-state index in [1.807, 2.05) is 0 Å². The Labute approximate surface area is 188 Å². The first-order chi connectivity index (χ1) is 12.0. The van der Waals surface area contributed by atoms with Crippen LogP contribution >= 0.6 is 24.8 Å². The number of H-pyrrole nitrogens is 1. The van der Waals surface area contributed by atoms with E-state index in [-0.39, 0.29) is 32.3 Å². The van der Waals surface area contributed by atoms with Crippen LogP contribution in [-0.4, -0.2) is 4.98 Å². The average Bonchev–Trinajstić information content (AvgIpc) is 3.16. The summed E-state index contributed by atoms with van der Waals surface area (Å²) in [5, 5.41) is 14.9. The smallest absolute Gasteiger partial charge is 0.147 e. The van der Waals surface area contributed by atoms with E-state index >= 15 is 0 Å². The molecular formula is C26H46Cl2NTi. The second kappa shape index (κ2) is 4.47. The first kappa shape index (κ1) is 27.6. The SMILES string of the molecule is C[C](C)(C)[Ti]([CH3])([CH3])([CH3])([CH3])([CH3])([C]1=CC=CC1)([c]1cc2ccccc2[nH]1)[C](C)(C)C.Cl.Cl. The van der Waals surface area contributed by atoms with Gasteiger partial charge >= 0.3 is 164 Å². The van der Waals surface area contributed by atoms with Crippen LogP contribution in [0.25, 0.3) is 10.9 Å². The van der Waals surface area contributed by atoms with Crippen molar-refractivity contribution in [2.75, 3.05) is 0 Å². The van der Waals surface area contributed by atoms with Crippen molar-refractivity contribution in [3.05, 3.63) is 52.4 Å². The van der Waals surface area contributed by atoms with Gasteiger partial charge in [-0.05, 0) is 0 Å². The summed E-state index contributed by atoms with van der Waals surface area (Å²) in [5.74, 6) is 0. The van der Waals surface area contributed by atoms with Crippen LogP contribution in [0.2, 0.25) is 33.6 Å². The van der Waals surface area contributed by atoms with Crippen LogP contribution < -0.4 is 4.00 Å². The average molecular weight is 491 g/mol. The van der Waals surface area contributed by atoms with Crippen LogP contribution in [0.3, 0.4) is 0 Å². The maximum absolute atomic E-state index is 5.86. The van der Waals surface area contributed by atoms with Crippen molar-refractivity contribution in [3.63, 3.8) is 0 Å². The van der Waals surface area contributed by atoms with Crippen LogP contribution in [0.4, 0.5) is 0 Å². The van der Waals surface area contributed by atoms with Crippen molar-refractivity contribution < 1.29 is 10.2 Å². The van der Waals surface area contributed by atoms with Gasteiger partial charge in [0.2, 0.25) is 0 Å². The number of rotatable bonds is 2. The van der Waals surface area contributed by atoms with Crippen molar-refractivity contribution in [3.8, 4) is 0 Å². The number of aromatic amines is 1. The first-order valence-corrected chi connectivity index (χ1v) is 22.1. The normalized spacial score (nSPS) is 22.1. The maximum Gasteiger partial charge on any atom is -0.147 e. The van der Waals surface area contributed by atoms with Gasteiger partial charge in [0, 0.05) is 0 Å². The predicted molar refractivity (Wildman–Crippen MR) is 143 cm³/mol. The molecule has 1 nitrogen and oxygen atoms in total. The van der Waals surface area contributed by atoms with Crippen molar-refractivity contribution in [1.29, 1.82) is 0 Å². The summed E-state index contributed by atoms with van der Waals surface area (Å²) in [6.07, 6.45) is 8.08. The van der Waals surface area contributed by atoms with Gasteiger partial charge in [-0.3, -0.25) is 0 Å². The summed E-state index contributed by atoms with van der Waals surface area (Å²) >= 11 is 0. The second-order valence-electron chi connectivity index (χ2n) is 18.8. The van der Waals surface area contributed by atoms with E-state index in [9.17, 15) is 0 Å². The fourth-order valence-corrected chi connectivity index (χ4v) is 23.5. The Balaban J connectivity index is 0.00000225. The number of halogens is 2. The zero-order chi connectivity index (χ0) is 21.7. The molecule has 0 amide bonds. The van der Waals surface area contributed by atoms with Gasteiger partial charge < -0.3 is 0 Å². The molecule has 2 aromatic rings. The van der Waals surface area contributed by atoms with Crippen LogP contribution in [0, 0.1) is 0 Å². The molecule has 0 radical (unpaired) electrons. The van der Waals surface area contributed by atoms with E-state index in [4.69, 9.17) is 0 Å². The Kier molecular flexibility index (Phi) is 4.11. The van der Waals surface area contributed by atoms with Crippen LogP contribution in [-0.2, 0) is 10.2 Å². The fourth-order valence-electron chi connectivity index (χ4n) is 6.67. The van der Waals surface area contributed by atoms with E-state index < -0.39 is 10.2 Å². The van der Waals surface area contributed by atoms with Gasteiger partial charge in [-0.25, -0.2) is 0 Å². The minimum Gasteiger partial charge on any atom is -0.147 e. The number of allylic oxidation sites excluding steroid dienone is 4. The molecule has 0 unspecified atom stereocenters. The second-order valence-corrected chi connectivity index (χ2v) is 58.9. The van der Waals surface area contributed by atoms with Gasteiger partial charge in [0.25, 0.3) is 0 Å². The molecule has 30 heavy (non-hydrogen) atoms. The molecule has 3 rings (SSSR count). The number of aromatic nitrogens is 1. The van der Waals surface area contributed by atoms with E-state index in [1.165, 1.54) is 14.9 Å². The largest absolute Gasteiger partial charge is 0.147 e. The van der Waals surface area contributed by atoms with Crippen molar-refractivity contribution >= 4 is 39.7 Å². The van der Waals surface area contributed by atoms with Crippen LogP contribution in [0.15, 0.2) is 52.4 Å². The number of hydrogen-bond donors (Lipinski definition) is 1. The van der Waals surface area contributed by atoms with Gasteiger partial charge in [-0.15, -0.1) is 24.8 Å². The van der Waals surface area contributed by atoms with E-state index in [1.54, 1.807) is 3.88 Å².